The van der Waals surface area contributed by atoms with Gasteiger partial charge >= 0.3 is 0 Å². The van der Waals surface area contributed by atoms with Crippen molar-refractivity contribution in [3.63, 3.8) is 0 Å². The molecule has 58 valence electrons. The lowest BCUT2D eigenvalue weighted by atomic mass is 10.4. The Morgan fingerprint density at radius 3 is 2.00 bits per heavy atom. The molecule has 0 aromatic heterocycles. The quantitative estimate of drug-likeness (QED) is 0.584. The molecule has 0 aliphatic carbocycles. The number of amides is 1. The molecule has 0 bridgehead atoms. The fourth-order valence-corrected chi connectivity index (χ4v) is 1.10. The Labute approximate surface area is 64.6 Å². The van der Waals surface area contributed by atoms with Gasteiger partial charge in [0.05, 0.1) is 6.04 Å². The van der Waals surface area contributed by atoms with E-state index in [1.807, 2.05) is 13.8 Å². The highest BCUT2D eigenvalue weighted by molar-refractivity contribution is 8.26. The number of thioether (sulfide) groups is 1. The van der Waals surface area contributed by atoms with Gasteiger partial charge in [0.1, 0.15) is 0 Å². The number of carbonyl (C=O) groups is 2. The summed E-state index contributed by atoms with van der Waals surface area (Å²) in [4.78, 5) is 20.8. The molecule has 0 spiro atoms. The molecule has 1 fully saturated rings. The van der Waals surface area contributed by atoms with E-state index in [-0.39, 0.29) is 16.4 Å². The highest BCUT2D eigenvalue weighted by atomic mass is 32.2. The largest absolute Gasteiger partial charge is 0.336 e. The third-order valence-electron chi connectivity index (χ3n) is 0.881. The van der Waals surface area contributed by atoms with Crippen LogP contribution in [0.15, 0.2) is 0 Å². The molecule has 1 amide bonds. The number of nitrogens with one attached hydrogen (secondary N) is 1. The summed E-state index contributed by atoms with van der Waals surface area (Å²) in [5.41, 5.74) is 0. The van der Waals surface area contributed by atoms with Crippen molar-refractivity contribution in [1.82, 2.24) is 5.32 Å². The molecule has 1 aliphatic rings. The van der Waals surface area contributed by atoms with Crippen LogP contribution in [0.2, 0.25) is 0 Å². The first kappa shape index (κ1) is 9.49. The predicted molar refractivity (Wildman–Crippen MR) is 41.9 cm³/mol. The van der Waals surface area contributed by atoms with Crippen LogP contribution in [0.1, 0.15) is 20.8 Å². The van der Waals surface area contributed by atoms with Gasteiger partial charge in [-0.25, -0.2) is 0 Å². The van der Waals surface area contributed by atoms with Crippen LogP contribution in [0, 0.1) is 0 Å². The topological polar surface area (TPSA) is 46.2 Å². The fraction of sp³-hybridized carbons (Fsp3) is 0.667. The Morgan fingerprint density at radius 2 is 1.90 bits per heavy atom. The van der Waals surface area contributed by atoms with Crippen molar-refractivity contribution >= 4 is 22.1 Å². The average Bonchev–Trinajstić information content (AvgIpc) is 2.16. The third kappa shape index (κ3) is 2.39. The van der Waals surface area contributed by atoms with Crippen molar-refractivity contribution in [2.45, 2.75) is 26.8 Å². The molecule has 1 atom stereocenters. The predicted octanol–water partition coefficient (Wildman–Crippen LogP) is 1.38. The van der Waals surface area contributed by atoms with Crippen molar-refractivity contribution in [2.24, 2.45) is 0 Å². The monoisotopic (exact) mass is 161 g/mol. The Kier molecular flexibility index (Phi) is 4.11. The minimum Gasteiger partial charge on any atom is -0.336 e. The molecular weight excluding hydrogens is 150 g/mol. The first-order valence-electron chi connectivity index (χ1n) is 3.22. The maximum atomic E-state index is 10.5. The number of hydrogen-bond acceptors (Lipinski definition) is 3. The van der Waals surface area contributed by atoms with E-state index < -0.39 is 0 Å². The van der Waals surface area contributed by atoms with E-state index in [1.54, 1.807) is 6.92 Å². The van der Waals surface area contributed by atoms with Gasteiger partial charge in [-0.05, 0) is 6.92 Å². The summed E-state index contributed by atoms with van der Waals surface area (Å²) in [5.74, 6) is 0. The van der Waals surface area contributed by atoms with Crippen molar-refractivity contribution in [2.75, 3.05) is 0 Å². The summed E-state index contributed by atoms with van der Waals surface area (Å²) in [7, 11) is 0. The molecule has 1 heterocycles. The molecule has 0 saturated carbocycles. The first-order valence-corrected chi connectivity index (χ1v) is 4.04. The molecule has 1 aliphatic heterocycles. The van der Waals surface area contributed by atoms with Gasteiger partial charge in [0.2, 0.25) is 5.12 Å². The maximum Gasteiger partial charge on any atom is 0.287 e. The van der Waals surface area contributed by atoms with Crippen LogP contribution in [0.3, 0.4) is 0 Å². The van der Waals surface area contributed by atoms with E-state index in [1.165, 1.54) is 0 Å². The fourth-order valence-electron chi connectivity index (χ4n) is 0.445. The van der Waals surface area contributed by atoms with Gasteiger partial charge < -0.3 is 5.32 Å². The molecule has 0 aromatic carbocycles. The zero-order valence-corrected chi connectivity index (χ0v) is 7.12. The smallest absolute Gasteiger partial charge is 0.287 e. The van der Waals surface area contributed by atoms with Crippen LogP contribution < -0.4 is 5.32 Å². The second kappa shape index (κ2) is 4.33. The summed E-state index contributed by atoms with van der Waals surface area (Å²) < 4.78 is 0. The SMILES string of the molecule is CC.CC1NC(=O)SC1=O. The van der Waals surface area contributed by atoms with E-state index in [2.05, 4.69) is 5.32 Å². The van der Waals surface area contributed by atoms with Crippen LogP contribution in [0.25, 0.3) is 0 Å². The summed E-state index contributed by atoms with van der Waals surface area (Å²) in [6.45, 7) is 5.67. The Bertz CT molecular complexity index is 147. The van der Waals surface area contributed by atoms with Gasteiger partial charge in [0, 0.05) is 11.8 Å². The summed E-state index contributed by atoms with van der Waals surface area (Å²) in [6.07, 6.45) is 0. The van der Waals surface area contributed by atoms with Gasteiger partial charge in [-0.3, -0.25) is 9.59 Å². The van der Waals surface area contributed by atoms with Crippen molar-refractivity contribution in [3.05, 3.63) is 0 Å². The second-order valence-corrected chi connectivity index (χ2v) is 2.55. The maximum absolute atomic E-state index is 10.5. The minimum atomic E-state index is -0.285. The van der Waals surface area contributed by atoms with Gasteiger partial charge in [0.25, 0.3) is 5.24 Å². The molecule has 3 nitrogen and oxygen atoms in total. The molecule has 0 radical (unpaired) electrons. The van der Waals surface area contributed by atoms with E-state index in [9.17, 15) is 9.59 Å². The van der Waals surface area contributed by atoms with Crippen molar-refractivity contribution in [3.8, 4) is 0 Å². The van der Waals surface area contributed by atoms with Gasteiger partial charge in [-0.2, -0.15) is 0 Å². The number of hydrogen-bond donors (Lipinski definition) is 1. The second-order valence-electron chi connectivity index (χ2n) is 1.57. The first-order chi connectivity index (χ1) is 4.70. The van der Waals surface area contributed by atoms with E-state index >= 15 is 0 Å². The lowest BCUT2D eigenvalue weighted by molar-refractivity contribution is -0.111. The molecule has 1 rings (SSSR count). The van der Waals surface area contributed by atoms with Crippen molar-refractivity contribution in [1.29, 1.82) is 0 Å². The van der Waals surface area contributed by atoms with E-state index in [0.717, 1.165) is 11.8 Å². The lowest BCUT2D eigenvalue weighted by Gasteiger charge is -1.92. The normalized spacial score (nSPS) is 23.3. The highest BCUT2D eigenvalue weighted by Gasteiger charge is 2.26. The lowest BCUT2D eigenvalue weighted by Crippen LogP contribution is -2.24. The van der Waals surface area contributed by atoms with Gasteiger partial charge in [0.15, 0.2) is 0 Å². The molecule has 4 heteroatoms. The Morgan fingerprint density at radius 1 is 1.40 bits per heavy atom. The molecule has 0 aromatic rings. The average molecular weight is 161 g/mol. The van der Waals surface area contributed by atoms with Crippen LogP contribution in [-0.2, 0) is 4.79 Å². The number of rotatable bonds is 0. The van der Waals surface area contributed by atoms with Gasteiger partial charge in [-0.1, -0.05) is 13.8 Å². The molecule has 1 N–H and O–H groups in total. The zero-order chi connectivity index (χ0) is 8.15. The third-order valence-corrected chi connectivity index (χ3v) is 1.74. The minimum absolute atomic E-state index is 0.0880. The molecule has 1 unspecified atom stereocenters. The molecule has 10 heavy (non-hydrogen) atoms. The van der Waals surface area contributed by atoms with Crippen LogP contribution in [0.5, 0.6) is 0 Å². The zero-order valence-electron chi connectivity index (χ0n) is 6.30. The number of carbonyl (C=O) groups excluding carboxylic acids is 2. The highest BCUT2D eigenvalue weighted by Crippen LogP contribution is 2.13. The van der Waals surface area contributed by atoms with Crippen LogP contribution in [-0.4, -0.2) is 16.4 Å². The Balaban J connectivity index is 0.000000371. The molecular formula is C6H11NO2S. The van der Waals surface area contributed by atoms with Crippen molar-refractivity contribution < 1.29 is 9.59 Å². The molecule has 1 saturated heterocycles. The summed E-state index contributed by atoms with van der Waals surface area (Å²) in [6, 6.07) is -0.285. The summed E-state index contributed by atoms with van der Waals surface area (Å²) in [5, 5.41) is 2.12. The van der Waals surface area contributed by atoms with Gasteiger partial charge in [-0.15, -0.1) is 0 Å². The Hall–Kier alpha value is -0.510. The standard InChI is InChI=1S/C4H5NO2S.C2H6/c1-2-3(6)8-4(7)5-2;1-2/h2H,1H3,(H,5,7);1-2H3. The van der Waals surface area contributed by atoms with E-state index in [0.29, 0.717) is 0 Å². The summed E-state index contributed by atoms with van der Waals surface area (Å²) >= 11 is 0.740. The van der Waals surface area contributed by atoms with Crippen LogP contribution in [0.4, 0.5) is 4.79 Å². The van der Waals surface area contributed by atoms with Crippen LogP contribution >= 0.6 is 11.8 Å². The van der Waals surface area contributed by atoms with E-state index in [4.69, 9.17) is 0 Å².